The van der Waals surface area contributed by atoms with Crippen LogP contribution in [0.25, 0.3) is 0 Å². The number of rotatable bonds is 3. The molecule has 26 heavy (non-hydrogen) atoms. The molecule has 2 aliphatic rings. The van der Waals surface area contributed by atoms with Gasteiger partial charge >= 0.3 is 0 Å². The van der Waals surface area contributed by atoms with Crippen LogP contribution in [-0.2, 0) is 16.0 Å². The van der Waals surface area contributed by atoms with E-state index in [1.54, 1.807) is 0 Å². The molecule has 2 aromatic rings. The van der Waals surface area contributed by atoms with Crippen LogP contribution < -0.4 is 4.90 Å². The lowest BCUT2D eigenvalue weighted by Crippen LogP contribution is -2.45. The van der Waals surface area contributed by atoms with E-state index in [-0.39, 0.29) is 11.7 Å². The van der Waals surface area contributed by atoms with Crippen LogP contribution in [0.4, 0.5) is 5.95 Å². The van der Waals surface area contributed by atoms with E-state index in [0.29, 0.717) is 13.2 Å². The molecule has 8 heteroatoms. The number of ether oxygens (including phenoxy) is 2. The van der Waals surface area contributed by atoms with Gasteiger partial charge in [-0.2, -0.15) is 5.10 Å². The van der Waals surface area contributed by atoms with Crippen LogP contribution in [0.2, 0.25) is 0 Å². The van der Waals surface area contributed by atoms with Gasteiger partial charge in [-0.1, -0.05) is 0 Å². The van der Waals surface area contributed by atoms with E-state index in [2.05, 4.69) is 25.0 Å². The summed E-state index contributed by atoms with van der Waals surface area (Å²) in [4.78, 5) is 15.5. The topological polar surface area (TPSA) is 78.2 Å². The number of hydrogen-bond acceptors (Lipinski definition) is 7. The van der Waals surface area contributed by atoms with Gasteiger partial charge in [0.2, 0.25) is 5.95 Å². The molecule has 2 unspecified atom stereocenters. The lowest BCUT2D eigenvalue weighted by molar-refractivity contribution is -0.0809. The highest BCUT2D eigenvalue weighted by Crippen LogP contribution is 2.34. The minimum Gasteiger partial charge on any atom is -0.377 e. The Hall–Kier alpha value is -2.06. The van der Waals surface area contributed by atoms with Crippen molar-refractivity contribution in [3.05, 3.63) is 29.6 Å². The van der Waals surface area contributed by atoms with E-state index in [9.17, 15) is 0 Å². The summed E-state index contributed by atoms with van der Waals surface area (Å²) in [6, 6.07) is 0. The third kappa shape index (κ3) is 3.57. The zero-order chi connectivity index (χ0) is 18.1. The Kier molecular flexibility index (Phi) is 4.62. The summed E-state index contributed by atoms with van der Waals surface area (Å²) in [6.45, 7) is 9.43. The number of hydrogen-bond donors (Lipinski definition) is 0. The molecular formula is C18H26N6O2. The Balaban J connectivity index is 1.47. The Morgan fingerprint density at radius 1 is 1.23 bits per heavy atom. The summed E-state index contributed by atoms with van der Waals surface area (Å²) in [5.41, 5.74) is 0.754. The molecule has 8 nitrogen and oxygen atoms in total. The number of nitrogens with zero attached hydrogens (tertiary/aromatic N) is 6. The number of aryl methyl sites for hydroxylation is 3. The van der Waals surface area contributed by atoms with Crippen LogP contribution in [0.3, 0.4) is 0 Å². The van der Waals surface area contributed by atoms with E-state index in [4.69, 9.17) is 9.47 Å². The van der Waals surface area contributed by atoms with Crippen LogP contribution in [0.5, 0.6) is 0 Å². The van der Waals surface area contributed by atoms with Gasteiger partial charge < -0.3 is 14.4 Å². The van der Waals surface area contributed by atoms with Crippen molar-refractivity contribution in [2.24, 2.45) is 0 Å². The molecule has 2 fully saturated rings. The van der Waals surface area contributed by atoms with Crippen molar-refractivity contribution in [1.82, 2.24) is 24.7 Å². The molecule has 0 radical (unpaired) electrons. The Morgan fingerprint density at radius 3 is 2.77 bits per heavy atom. The van der Waals surface area contributed by atoms with Gasteiger partial charge in [0, 0.05) is 18.9 Å². The summed E-state index contributed by atoms with van der Waals surface area (Å²) in [5, 5.41) is 4.46. The van der Waals surface area contributed by atoms with Crippen molar-refractivity contribution in [2.45, 2.75) is 51.9 Å². The highest BCUT2D eigenvalue weighted by Gasteiger charge is 2.43. The quantitative estimate of drug-likeness (QED) is 0.822. The van der Waals surface area contributed by atoms with Crippen LogP contribution >= 0.6 is 0 Å². The van der Waals surface area contributed by atoms with Crippen LogP contribution in [0.1, 0.15) is 30.1 Å². The average molecular weight is 358 g/mol. The predicted molar refractivity (Wildman–Crippen MR) is 96.1 cm³/mol. The fraction of sp³-hybridized carbons (Fsp3) is 0.667. The summed E-state index contributed by atoms with van der Waals surface area (Å²) < 4.78 is 14.3. The van der Waals surface area contributed by atoms with E-state index in [1.807, 2.05) is 37.8 Å². The second kappa shape index (κ2) is 6.92. The summed E-state index contributed by atoms with van der Waals surface area (Å²) in [7, 11) is 0. The molecule has 4 rings (SSSR count). The number of aromatic nitrogens is 5. The van der Waals surface area contributed by atoms with Crippen LogP contribution in [-0.4, -0.2) is 62.7 Å². The van der Waals surface area contributed by atoms with Gasteiger partial charge in [-0.15, -0.1) is 0 Å². The molecule has 0 bridgehead atoms. The fourth-order valence-electron chi connectivity index (χ4n) is 3.80. The molecule has 0 aromatic carbocycles. The molecule has 0 N–H and O–H groups in total. The largest absolute Gasteiger partial charge is 0.377 e. The second-order valence-corrected chi connectivity index (χ2v) is 7.38. The minimum atomic E-state index is -0.307. The van der Waals surface area contributed by atoms with Crippen molar-refractivity contribution in [2.75, 3.05) is 31.2 Å². The molecule has 140 valence electrons. The maximum absolute atomic E-state index is 6.50. The molecule has 2 saturated heterocycles. The first-order valence-corrected chi connectivity index (χ1v) is 9.20. The average Bonchev–Trinajstić information content (AvgIpc) is 3.06. The van der Waals surface area contributed by atoms with E-state index >= 15 is 0 Å². The third-order valence-electron chi connectivity index (χ3n) is 5.08. The fourth-order valence-corrected chi connectivity index (χ4v) is 3.80. The maximum atomic E-state index is 6.50. The van der Waals surface area contributed by atoms with Gasteiger partial charge in [-0.05, 0) is 39.2 Å². The molecule has 1 spiro atoms. The Labute approximate surface area is 153 Å². The van der Waals surface area contributed by atoms with Crippen LogP contribution in [0, 0.1) is 20.8 Å². The normalized spacial score (nSPS) is 26.4. The van der Waals surface area contributed by atoms with E-state index < -0.39 is 0 Å². The summed E-state index contributed by atoms with van der Waals surface area (Å²) >= 11 is 0. The van der Waals surface area contributed by atoms with Crippen LogP contribution in [0.15, 0.2) is 12.4 Å². The van der Waals surface area contributed by atoms with Crippen molar-refractivity contribution in [3.63, 3.8) is 0 Å². The molecule has 0 amide bonds. The minimum absolute atomic E-state index is 0.122. The molecular weight excluding hydrogens is 332 g/mol. The first-order valence-electron chi connectivity index (χ1n) is 9.20. The highest BCUT2D eigenvalue weighted by molar-refractivity contribution is 5.31. The van der Waals surface area contributed by atoms with Gasteiger partial charge in [0.05, 0.1) is 32.4 Å². The van der Waals surface area contributed by atoms with Crippen molar-refractivity contribution < 1.29 is 9.47 Å². The monoisotopic (exact) mass is 358 g/mol. The molecule has 4 heterocycles. The second-order valence-electron chi connectivity index (χ2n) is 7.38. The number of anilines is 1. The smallest absolute Gasteiger partial charge is 0.225 e. The van der Waals surface area contributed by atoms with Gasteiger partial charge in [0.15, 0.2) is 0 Å². The molecule has 0 saturated carbocycles. The standard InChI is InChI=1S/C18H26N6O2/c1-13-8-19-17(20-9-13)23-6-7-25-12-18(11-23)5-4-16(26-18)10-24-15(3)21-14(2)22-24/h8-9,16H,4-7,10-12H2,1-3H3. The van der Waals surface area contributed by atoms with E-state index in [1.165, 1.54) is 0 Å². The third-order valence-corrected chi connectivity index (χ3v) is 5.08. The van der Waals surface area contributed by atoms with Gasteiger partial charge in [0.1, 0.15) is 17.2 Å². The zero-order valence-corrected chi connectivity index (χ0v) is 15.7. The van der Waals surface area contributed by atoms with Crippen molar-refractivity contribution in [1.29, 1.82) is 0 Å². The molecule has 2 aromatic heterocycles. The van der Waals surface area contributed by atoms with Crippen molar-refractivity contribution >= 4 is 5.95 Å². The Bertz CT molecular complexity index is 762. The summed E-state index contributed by atoms with van der Waals surface area (Å²) in [6.07, 6.45) is 5.79. The highest BCUT2D eigenvalue weighted by atomic mass is 16.6. The first kappa shape index (κ1) is 17.4. The Morgan fingerprint density at radius 2 is 2.04 bits per heavy atom. The predicted octanol–water partition coefficient (Wildman–Crippen LogP) is 1.45. The molecule has 0 aliphatic carbocycles. The van der Waals surface area contributed by atoms with Gasteiger partial charge in [-0.25, -0.2) is 19.6 Å². The first-order chi connectivity index (χ1) is 12.5. The SMILES string of the molecule is Cc1cnc(N2CCOCC3(CCC(Cn4nc(C)nc4C)O3)C2)nc1. The lowest BCUT2D eigenvalue weighted by Gasteiger charge is -2.32. The van der Waals surface area contributed by atoms with Gasteiger partial charge in [0.25, 0.3) is 0 Å². The van der Waals surface area contributed by atoms with Crippen molar-refractivity contribution in [3.8, 4) is 0 Å². The van der Waals surface area contributed by atoms with E-state index in [0.717, 1.165) is 55.6 Å². The zero-order valence-electron chi connectivity index (χ0n) is 15.7. The summed E-state index contributed by atoms with van der Waals surface area (Å²) in [5.74, 6) is 2.48. The molecule has 2 aliphatic heterocycles. The molecule has 2 atom stereocenters. The van der Waals surface area contributed by atoms with Gasteiger partial charge in [-0.3, -0.25) is 0 Å². The maximum Gasteiger partial charge on any atom is 0.225 e. The lowest BCUT2D eigenvalue weighted by atomic mass is 10.0.